The van der Waals surface area contributed by atoms with Crippen molar-refractivity contribution in [3.63, 3.8) is 0 Å². The van der Waals surface area contributed by atoms with Gasteiger partial charge in [-0.1, -0.05) is 0 Å². The molecule has 2 amide bonds. The average molecular weight is 411 g/mol. The molecule has 150 valence electrons. The Balaban J connectivity index is 1.72. The number of esters is 1. The molecule has 0 aliphatic rings. The van der Waals surface area contributed by atoms with Crippen LogP contribution in [0.1, 0.15) is 38.1 Å². The van der Waals surface area contributed by atoms with Crippen molar-refractivity contribution < 1.29 is 19.1 Å². The minimum Gasteiger partial charge on any atom is -0.449 e. The fourth-order valence-corrected chi connectivity index (χ4v) is 3.85. The summed E-state index contributed by atoms with van der Waals surface area (Å²) in [6.45, 7) is 5.31. The number of nitrogens with zero attached hydrogens (tertiary/aromatic N) is 1. The summed E-state index contributed by atoms with van der Waals surface area (Å²) in [5, 5.41) is 3.41. The van der Waals surface area contributed by atoms with E-state index in [1.54, 1.807) is 12.1 Å². The van der Waals surface area contributed by atoms with Crippen molar-refractivity contribution in [1.29, 1.82) is 0 Å². The molecule has 0 aliphatic carbocycles. The fourth-order valence-electron chi connectivity index (χ4n) is 2.74. The van der Waals surface area contributed by atoms with Gasteiger partial charge in [0, 0.05) is 28.5 Å². The molecule has 0 fully saturated rings. The molecule has 29 heavy (non-hydrogen) atoms. The van der Waals surface area contributed by atoms with E-state index in [0.29, 0.717) is 16.8 Å². The maximum atomic E-state index is 12.8. The van der Waals surface area contributed by atoms with Crippen molar-refractivity contribution in [2.24, 2.45) is 5.73 Å². The first-order chi connectivity index (χ1) is 13.8. The number of anilines is 1. The summed E-state index contributed by atoms with van der Waals surface area (Å²) in [5.41, 5.74) is 7.29. The van der Waals surface area contributed by atoms with Crippen LogP contribution in [0.3, 0.4) is 0 Å². The number of primary amides is 1. The summed E-state index contributed by atoms with van der Waals surface area (Å²) < 4.78 is 7.29. The van der Waals surface area contributed by atoms with Gasteiger partial charge in [-0.3, -0.25) is 9.59 Å². The lowest BCUT2D eigenvalue weighted by Gasteiger charge is -2.14. The Kier molecular flexibility index (Phi) is 5.84. The zero-order chi connectivity index (χ0) is 21.1. The van der Waals surface area contributed by atoms with Gasteiger partial charge in [0.2, 0.25) is 5.91 Å². The normalized spacial score (nSPS) is 11.7. The van der Waals surface area contributed by atoms with Crippen LogP contribution in [0.25, 0.3) is 5.00 Å². The monoisotopic (exact) mass is 411 g/mol. The highest BCUT2D eigenvalue weighted by atomic mass is 32.1. The van der Waals surface area contributed by atoms with Gasteiger partial charge in [0.1, 0.15) is 5.00 Å². The highest BCUT2D eigenvalue weighted by Crippen LogP contribution is 2.31. The van der Waals surface area contributed by atoms with E-state index >= 15 is 0 Å². The molecular weight excluding hydrogens is 390 g/mol. The second-order valence-electron chi connectivity index (χ2n) is 6.53. The number of thiophene rings is 1. The summed E-state index contributed by atoms with van der Waals surface area (Å²) in [7, 11) is 0. The first-order valence-corrected chi connectivity index (χ1v) is 9.74. The van der Waals surface area contributed by atoms with Crippen LogP contribution in [0.5, 0.6) is 0 Å². The Bertz CT molecular complexity index is 1050. The van der Waals surface area contributed by atoms with Gasteiger partial charge < -0.3 is 20.4 Å². The van der Waals surface area contributed by atoms with Crippen LogP contribution in [-0.4, -0.2) is 28.5 Å². The molecule has 3 rings (SSSR count). The van der Waals surface area contributed by atoms with E-state index in [0.717, 1.165) is 15.4 Å². The molecule has 0 spiro atoms. The number of ether oxygens (including phenoxy) is 1. The van der Waals surface area contributed by atoms with Gasteiger partial charge in [0.25, 0.3) is 5.91 Å². The Morgan fingerprint density at radius 1 is 1.10 bits per heavy atom. The zero-order valence-electron chi connectivity index (χ0n) is 16.3. The van der Waals surface area contributed by atoms with Gasteiger partial charge >= 0.3 is 5.97 Å². The molecule has 2 aromatic heterocycles. The molecular formula is C21H21N3O4S. The molecule has 0 radical (unpaired) electrons. The number of hydrogen-bond acceptors (Lipinski definition) is 5. The lowest BCUT2D eigenvalue weighted by Crippen LogP contribution is -2.30. The van der Waals surface area contributed by atoms with Crippen LogP contribution in [-0.2, 0) is 9.53 Å². The molecule has 1 atom stereocenters. The largest absolute Gasteiger partial charge is 0.449 e. The molecule has 0 aliphatic heterocycles. The van der Waals surface area contributed by atoms with Gasteiger partial charge in [-0.25, -0.2) is 4.79 Å². The molecule has 3 aromatic rings. The third kappa shape index (κ3) is 4.38. The number of carbonyl (C=O) groups excluding carboxylic acids is 3. The minimum absolute atomic E-state index is 0.336. The molecule has 0 saturated carbocycles. The Morgan fingerprint density at radius 3 is 2.31 bits per heavy atom. The number of nitrogens with two attached hydrogens (primary N) is 1. The standard InChI is InChI=1S/C21H21N3O4S/c1-12-14(3)29-20(24-10-4-5-11-24)17(12)21(27)28-13(2)19(26)23-16-8-6-15(7-9-16)18(22)25/h4-11,13H,1-3H3,(H2,22,25)(H,23,26). The van der Waals surface area contributed by atoms with Gasteiger partial charge in [-0.15, -0.1) is 11.3 Å². The van der Waals surface area contributed by atoms with Crippen molar-refractivity contribution in [2.45, 2.75) is 26.9 Å². The number of benzene rings is 1. The number of hydrogen-bond donors (Lipinski definition) is 2. The predicted octanol–water partition coefficient (Wildman–Crippen LogP) is 3.44. The van der Waals surface area contributed by atoms with Crippen molar-refractivity contribution >= 4 is 34.8 Å². The van der Waals surface area contributed by atoms with E-state index in [1.165, 1.54) is 30.4 Å². The average Bonchev–Trinajstić information content (AvgIpc) is 3.30. The molecule has 2 heterocycles. The number of aromatic nitrogens is 1. The quantitative estimate of drug-likeness (QED) is 0.606. The van der Waals surface area contributed by atoms with Gasteiger partial charge in [0.15, 0.2) is 6.10 Å². The van der Waals surface area contributed by atoms with Crippen LogP contribution >= 0.6 is 11.3 Å². The number of amides is 2. The maximum absolute atomic E-state index is 12.8. The summed E-state index contributed by atoms with van der Waals surface area (Å²) in [6, 6.07) is 9.88. The lowest BCUT2D eigenvalue weighted by atomic mass is 10.1. The molecule has 0 bridgehead atoms. The summed E-state index contributed by atoms with van der Waals surface area (Å²) in [4.78, 5) is 37.4. The Hall–Kier alpha value is -3.39. The molecule has 1 unspecified atom stereocenters. The van der Waals surface area contributed by atoms with Crippen LogP contribution in [0, 0.1) is 13.8 Å². The summed E-state index contributed by atoms with van der Waals surface area (Å²) in [5.74, 6) is -1.58. The fraction of sp³-hybridized carbons (Fsp3) is 0.190. The van der Waals surface area contributed by atoms with Gasteiger partial charge in [-0.2, -0.15) is 0 Å². The van der Waals surface area contributed by atoms with Gasteiger partial charge in [-0.05, 0) is 62.7 Å². The smallest absolute Gasteiger partial charge is 0.342 e. The lowest BCUT2D eigenvalue weighted by molar-refractivity contribution is -0.123. The molecule has 1 aromatic carbocycles. The van der Waals surface area contributed by atoms with Gasteiger partial charge in [0.05, 0.1) is 5.56 Å². The van der Waals surface area contributed by atoms with E-state index in [-0.39, 0.29) is 0 Å². The van der Waals surface area contributed by atoms with E-state index in [9.17, 15) is 14.4 Å². The van der Waals surface area contributed by atoms with E-state index in [1.807, 2.05) is 42.9 Å². The van der Waals surface area contributed by atoms with Crippen LogP contribution in [0.15, 0.2) is 48.8 Å². The SMILES string of the molecule is Cc1sc(-n2cccc2)c(C(=O)OC(C)C(=O)Nc2ccc(C(N)=O)cc2)c1C. The number of nitrogens with one attached hydrogen (secondary N) is 1. The minimum atomic E-state index is -1.00. The van der Waals surface area contributed by atoms with Crippen molar-refractivity contribution in [3.8, 4) is 5.00 Å². The zero-order valence-corrected chi connectivity index (χ0v) is 17.1. The molecule has 3 N–H and O–H groups in total. The van der Waals surface area contributed by atoms with Crippen LogP contribution in [0.2, 0.25) is 0 Å². The maximum Gasteiger partial charge on any atom is 0.342 e. The molecule has 0 saturated heterocycles. The van der Waals surface area contributed by atoms with Crippen LogP contribution < -0.4 is 11.1 Å². The topological polar surface area (TPSA) is 103 Å². The number of carbonyl (C=O) groups is 3. The number of aryl methyl sites for hydroxylation is 1. The highest BCUT2D eigenvalue weighted by Gasteiger charge is 2.25. The van der Waals surface area contributed by atoms with E-state index in [2.05, 4.69) is 5.32 Å². The Morgan fingerprint density at radius 2 is 1.72 bits per heavy atom. The third-order valence-corrected chi connectivity index (χ3v) is 5.72. The second kappa shape index (κ2) is 8.32. The first-order valence-electron chi connectivity index (χ1n) is 8.93. The second-order valence-corrected chi connectivity index (χ2v) is 7.74. The molecule has 7 nitrogen and oxygen atoms in total. The van der Waals surface area contributed by atoms with E-state index in [4.69, 9.17) is 10.5 Å². The first kappa shape index (κ1) is 20.3. The predicted molar refractivity (Wildman–Crippen MR) is 112 cm³/mol. The molecule has 8 heteroatoms. The van der Waals surface area contributed by atoms with Crippen molar-refractivity contribution in [3.05, 3.63) is 70.4 Å². The summed E-state index contributed by atoms with van der Waals surface area (Å²) in [6.07, 6.45) is 2.70. The van der Waals surface area contributed by atoms with Crippen molar-refractivity contribution in [1.82, 2.24) is 4.57 Å². The third-order valence-electron chi connectivity index (χ3n) is 4.50. The van der Waals surface area contributed by atoms with Crippen LogP contribution in [0.4, 0.5) is 5.69 Å². The van der Waals surface area contributed by atoms with Crippen molar-refractivity contribution in [2.75, 3.05) is 5.32 Å². The Labute approximate surface area is 172 Å². The number of rotatable bonds is 6. The summed E-state index contributed by atoms with van der Waals surface area (Å²) >= 11 is 1.49. The van der Waals surface area contributed by atoms with E-state index < -0.39 is 23.9 Å². The highest BCUT2D eigenvalue weighted by molar-refractivity contribution is 7.15.